The largest absolute Gasteiger partial charge is 0.373 e. The summed E-state index contributed by atoms with van der Waals surface area (Å²) in [7, 11) is 1.81. The van der Waals surface area contributed by atoms with Gasteiger partial charge in [0.25, 0.3) is 5.91 Å². The molecule has 19 heavy (non-hydrogen) atoms. The molecular weight excluding hydrogens is 238 g/mol. The maximum atomic E-state index is 12.5. The molecule has 1 aliphatic rings. The molecule has 0 saturated carbocycles. The van der Waals surface area contributed by atoms with Crippen LogP contribution in [0, 0.1) is 5.41 Å². The molecule has 0 atom stereocenters. The first-order chi connectivity index (χ1) is 9.02. The second-order valence-electron chi connectivity index (χ2n) is 5.97. The van der Waals surface area contributed by atoms with Crippen molar-refractivity contribution < 1.29 is 4.79 Å². The fourth-order valence-corrected chi connectivity index (χ4v) is 2.48. The minimum atomic E-state index is 0.0507. The summed E-state index contributed by atoms with van der Waals surface area (Å²) in [6, 6.07) is 5.52. The Morgan fingerprint density at radius 1 is 1.32 bits per heavy atom. The van der Waals surface area contributed by atoms with Crippen LogP contribution >= 0.6 is 0 Å². The Hall–Kier alpha value is -1.58. The van der Waals surface area contributed by atoms with Gasteiger partial charge in [-0.25, -0.2) is 4.98 Å². The zero-order valence-corrected chi connectivity index (χ0v) is 12.1. The van der Waals surface area contributed by atoms with Crippen molar-refractivity contribution in [1.82, 2.24) is 9.88 Å². The van der Waals surface area contributed by atoms with Crippen LogP contribution in [0.1, 0.15) is 43.6 Å². The van der Waals surface area contributed by atoms with Gasteiger partial charge >= 0.3 is 0 Å². The third-order valence-electron chi connectivity index (χ3n) is 3.85. The summed E-state index contributed by atoms with van der Waals surface area (Å²) in [5.74, 6) is 0.788. The van der Waals surface area contributed by atoms with Gasteiger partial charge in [0.1, 0.15) is 11.5 Å². The molecule has 0 unspecified atom stereocenters. The number of hydrogen-bond donors (Lipinski definition) is 1. The maximum absolute atomic E-state index is 12.5. The van der Waals surface area contributed by atoms with Crippen molar-refractivity contribution in [2.75, 3.05) is 25.5 Å². The molecule has 0 radical (unpaired) electrons. The lowest BCUT2D eigenvalue weighted by molar-refractivity contribution is 0.0751. The Labute approximate surface area is 115 Å². The molecule has 1 amide bonds. The Kier molecular flexibility index (Phi) is 4.08. The molecule has 1 saturated heterocycles. The first-order valence-corrected chi connectivity index (χ1v) is 6.96. The van der Waals surface area contributed by atoms with Gasteiger partial charge in [-0.15, -0.1) is 0 Å². The van der Waals surface area contributed by atoms with Gasteiger partial charge in [0.2, 0.25) is 0 Å². The van der Waals surface area contributed by atoms with E-state index in [9.17, 15) is 4.79 Å². The maximum Gasteiger partial charge on any atom is 0.272 e. The molecule has 0 aromatic carbocycles. The average molecular weight is 261 g/mol. The lowest BCUT2D eigenvalue weighted by atomic mass is 9.85. The van der Waals surface area contributed by atoms with Gasteiger partial charge in [-0.2, -0.15) is 0 Å². The van der Waals surface area contributed by atoms with Crippen molar-refractivity contribution in [3.63, 3.8) is 0 Å². The molecular formula is C15H23N3O. The lowest BCUT2D eigenvalue weighted by Crippen LogP contribution is -2.33. The highest BCUT2D eigenvalue weighted by Crippen LogP contribution is 2.30. The molecule has 1 aromatic rings. The molecule has 1 aromatic heterocycles. The number of rotatable bonds is 2. The lowest BCUT2D eigenvalue weighted by Gasteiger charge is -2.23. The number of nitrogens with zero attached hydrogens (tertiary/aromatic N) is 2. The van der Waals surface area contributed by atoms with Gasteiger partial charge in [-0.3, -0.25) is 4.79 Å². The first kappa shape index (κ1) is 13.8. The summed E-state index contributed by atoms with van der Waals surface area (Å²) in [5.41, 5.74) is 0.876. The third-order valence-corrected chi connectivity index (χ3v) is 3.85. The minimum Gasteiger partial charge on any atom is -0.373 e. The monoisotopic (exact) mass is 261 g/mol. The zero-order chi connectivity index (χ0) is 13.9. The number of aromatic nitrogens is 1. The summed E-state index contributed by atoms with van der Waals surface area (Å²) in [5, 5.41) is 2.97. The normalized spacial score (nSPS) is 18.8. The minimum absolute atomic E-state index is 0.0507. The van der Waals surface area contributed by atoms with Crippen molar-refractivity contribution in [1.29, 1.82) is 0 Å². The number of likely N-dealkylation sites (tertiary alicyclic amines) is 1. The first-order valence-electron chi connectivity index (χ1n) is 6.96. The summed E-state index contributed by atoms with van der Waals surface area (Å²) < 4.78 is 0. The van der Waals surface area contributed by atoms with Crippen molar-refractivity contribution in [3.8, 4) is 0 Å². The molecule has 4 heteroatoms. The molecule has 1 fully saturated rings. The van der Waals surface area contributed by atoms with Crippen molar-refractivity contribution in [2.45, 2.75) is 33.1 Å². The van der Waals surface area contributed by atoms with E-state index >= 15 is 0 Å². The van der Waals surface area contributed by atoms with Gasteiger partial charge in [0.05, 0.1) is 0 Å². The predicted octanol–water partition coefficient (Wildman–Crippen LogP) is 2.78. The SMILES string of the molecule is CNc1cccc(C(=O)N2CCCC(C)(C)CC2)n1. The highest BCUT2D eigenvalue weighted by Gasteiger charge is 2.26. The molecule has 1 N–H and O–H groups in total. The van der Waals surface area contributed by atoms with Crippen molar-refractivity contribution >= 4 is 11.7 Å². The molecule has 0 bridgehead atoms. The number of carbonyl (C=O) groups excluding carboxylic acids is 1. The van der Waals surface area contributed by atoms with Crippen LogP contribution in [0.3, 0.4) is 0 Å². The standard InChI is InChI=1S/C15H23N3O/c1-15(2)8-5-10-18(11-9-15)14(19)12-6-4-7-13(16-3)17-12/h4,6-7H,5,8-11H2,1-3H3,(H,16,17). The number of pyridine rings is 1. The quantitative estimate of drug-likeness (QED) is 0.890. The Balaban J connectivity index is 2.10. The van der Waals surface area contributed by atoms with Crippen molar-refractivity contribution in [2.24, 2.45) is 5.41 Å². The van der Waals surface area contributed by atoms with Gasteiger partial charge in [-0.1, -0.05) is 19.9 Å². The van der Waals surface area contributed by atoms with Crippen LogP contribution in [0.4, 0.5) is 5.82 Å². The zero-order valence-electron chi connectivity index (χ0n) is 12.1. The van der Waals surface area contributed by atoms with Gasteiger partial charge in [0.15, 0.2) is 0 Å². The number of hydrogen-bond acceptors (Lipinski definition) is 3. The second-order valence-corrected chi connectivity index (χ2v) is 5.97. The van der Waals surface area contributed by atoms with E-state index in [2.05, 4.69) is 24.1 Å². The average Bonchev–Trinajstić information content (AvgIpc) is 2.59. The highest BCUT2D eigenvalue weighted by molar-refractivity contribution is 5.92. The van der Waals surface area contributed by atoms with E-state index in [1.807, 2.05) is 24.1 Å². The number of anilines is 1. The van der Waals surface area contributed by atoms with E-state index < -0.39 is 0 Å². The van der Waals surface area contributed by atoms with Gasteiger partial charge in [0, 0.05) is 20.1 Å². The molecule has 0 aliphatic carbocycles. The molecule has 1 aliphatic heterocycles. The van der Waals surface area contributed by atoms with Crippen LogP contribution in [0.5, 0.6) is 0 Å². The molecule has 0 spiro atoms. The van der Waals surface area contributed by atoms with Crippen LogP contribution in [0.15, 0.2) is 18.2 Å². The summed E-state index contributed by atoms with van der Waals surface area (Å²) in [6.45, 7) is 6.23. The highest BCUT2D eigenvalue weighted by atomic mass is 16.2. The van der Waals surface area contributed by atoms with Gasteiger partial charge in [-0.05, 0) is 36.8 Å². The van der Waals surface area contributed by atoms with E-state index in [1.165, 1.54) is 6.42 Å². The molecule has 2 rings (SSSR count). The van der Waals surface area contributed by atoms with Crippen LogP contribution in [0.25, 0.3) is 0 Å². The van der Waals surface area contributed by atoms with Crippen LogP contribution in [-0.4, -0.2) is 35.9 Å². The van der Waals surface area contributed by atoms with E-state index in [1.54, 1.807) is 6.07 Å². The molecule has 4 nitrogen and oxygen atoms in total. The van der Waals surface area contributed by atoms with Crippen molar-refractivity contribution in [3.05, 3.63) is 23.9 Å². The number of nitrogens with one attached hydrogen (secondary N) is 1. The number of amides is 1. The van der Waals surface area contributed by atoms with Crippen LogP contribution < -0.4 is 5.32 Å². The fourth-order valence-electron chi connectivity index (χ4n) is 2.48. The second kappa shape index (κ2) is 5.59. The van der Waals surface area contributed by atoms with Gasteiger partial charge < -0.3 is 10.2 Å². The van der Waals surface area contributed by atoms with E-state index in [4.69, 9.17) is 0 Å². The topological polar surface area (TPSA) is 45.2 Å². The van der Waals surface area contributed by atoms with E-state index in [-0.39, 0.29) is 5.91 Å². The summed E-state index contributed by atoms with van der Waals surface area (Å²) in [4.78, 5) is 18.7. The Morgan fingerprint density at radius 3 is 2.84 bits per heavy atom. The fraction of sp³-hybridized carbons (Fsp3) is 0.600. The van der Waals surface area contributed by atoms with Crippen LogP contribution in [0.2, 0.25) is 0 Å². The molecule has 104 valence electrons. The summed E-state index contributed by atoms with van der Waals surface area (Å²) >= 11 is 0. The third kappa shape index (κ3) is 3.46. The van der Waals surface area contributed by atoms with Crippen LogP contribution in [-0.2, 0) is 0 Å². The van der Waals surface area contributed by atoms with E-state index in [0.717, 1.165) is 31.7 Å². The molecule has 2 heterocycles. The summed E-state index contributed by atoms with van der Waals surface area (Å²) in [6.07, 6.45) is 3.32. The number of carbonyl (C=O) groups is 1. The Morgan fingerprint density at radius 2 is 2.11 bits per heavy atom. The predicted molar refractivity (Wildman–Crippen MR) is 77.3 cm³/mol. The smallest absolute Gasteiger partial charge is 0.272 e. The Bertz CT molecular complexity index is 456. The van der Waals surface area contributed by atoms with E-state index in [0.29, 0.717) is 11.1 Å².